The number of nitrogens with two attached hydrogens (primary N) is 1. The Morgan fingerprint density at radius 2 is 1.95 bits per heavy atom. The van der Waals surface area contributed by atoms with E-state index < -0.39 is 0 Å². The molecule has 2 unspecified atom stereocenters. The van der Waals surface area contributed by atoms with Gasteiger partial charge in [-0.05, 0) is 43.2 Å². The second-order valence-corrected chi connectivity index (χ2v) is 7.01. The molecule has 0 spiro atoms. The minimum absolute atomic E-state index is 0.381. The molecule has 2 rings (SSSR count). The number of hydrogen-bond donors (Lipinski definition) is 1. The van der Waals surface area contributed by atoms with Crippen molar-refractivity contribution < 1.29 is 0 Å². The molecule has 1 aliphatic rings. The summed E-state index contributed by atoms with van der Waals surface area (Å²) >= 11 is 0. The van der Waals surface area contributed by atoms with Crippen LogP contribution in [0.1, 0.15) is 38.7 Å². The van der Waals surface area contributed by atoms with E-state index in [0.717, 1.165) is 13.1 Å². The molecule has 2 nitrogen and oxygen atoms in total. The normalized spacial score (nSPS) is 26.6. The largest absolute Gasteiger partial charge is 0.327 e. The van der Waals surface area contributed by atoms with E-state index in [1.807, 2.05) is 0 Å². The number of nitrogens with zero attached hydrogens (tertiary/aromatic N) is 1. The average Bonchev–Trinajstić information content (AvgIpc) is 2.35. The summed E-state index contributed by atoms with van der Waals surface area (Å²) in [6.45, 7) is 6.89. The quantitative estimate of drug-likeness (QED) is 0.900. The molecule has 0 radical (unpaired) electrons. The first-order chi connectivity index (χ1) is 8.96. The Morgan fingerprint density at radius 1 is 1.26 bits per heavy atom. The molecule has 0 heterocycles. The predicted octanol–water partition coefficient (Wildman–Crippen LogP) is 3.27. The summed E-state index contributed by atoms with van der Waals surface area (Å²) in [6.07, 6.45) is 3.71. The van der Waals surface area contributed by atoms with Crippen molar-refractivity contribution in [2.24, 2.45) is 17.1 Å². The maximum absolute atomic E-state index is 6.32. The molecular formula is C17H28N2. The van der Waals surface area contributed by atoms with Crippen molar-refractivity contribution in [3.63, 3.8) is 0 Å². The summed E-state index contributed by atoms with van der Waals surface area (Å²) in [5, 5.41) is 0. The van der Waals surface area contributed by atoms with Crippen LogP contribution in [-0.2, 0) is 6.54 Å². The van der Waals surface area contributed by atoms with Crippen LogP contribution in [-0.4, -0.2) is 24.5 Å². The maximum Gasteiger partial charge on any atom is 0.0230 e. The van der Waals surface area contributed by atoms with Crippen LogP contribution in [0.3, 0.4) is 0 Å². The molecule has 106 valence electrons. The van der Waals surface area contributed by atoms with Crippen LogP contribution in [0.25, 0.3) is 0 Å². The lowest BCUT2D eigenvalue weighted by molar-refractivity contribution is 0.122. The minimum atomic E-state index is 0.381. The lowest BCUT2D eigenvalue weighted by Gasteiger charge is -2.40. The third kappa shape index (κ3) is 4.32. The van der Waals surface area contributed by atoms with Crippen LogP contribution < -0.4 is 5.73 Å². The molecule has 1 fully saturated rings. The highest BCUT2D eigenvalue weighted by molar-refractivity contribution is 5.14. The second-order valence-electron chi connectivity index (χ2n) is 7.01. The van der Waals surface area contributed by atoms with Crippen LogP contribution in [0.15, 0.2) is 30.3 Å². The summed E-state index contributed by atoms with van der Waals surface area (Å²) in [5.74, 6) is 0.637. The highest BCUT2D eigenvalue weighted by Gasteiger charge is 2.33. The van der Waals surface area contributed by atoms with E-state index >= 15 is 0 Å². The van der Waals surface area contributed by atoms with Gasteiger partial charge in [-0.3, -0.25) is 0 Å². The van der Waals surface area contributed by atoms with Gasteiger partial charge < -0.3 is 10.6 Å². The highest BCUT2D eigenvalue weighted by atomic mass is 15.1. The first-order valence-electron chi connectivity index (χ1n) is 7.44. The summed E-state index contributed by atoms with van der Waals surface area (Å²) in [6, 6.07) is 11.1. The van der Waals surface area contributed by atoms with E-state index in [9.17, 15) is 0 Å². The van der Waals surface area contributed by atoms with E-state index in [1.54, 1.807) is 0 Å². The van der Waals surface area contributed by atoms with E-state index in [4.69, 9.17) is 5.73 Å². The van der Waals surface area contributed by atoms with Crippen molar-refractivity contribution in [1.82, 2.24) is 4.90 Å². The standard InChI is InChI=1S/C17H28N2/c1-17(2)10-9-16(18)15(11-17)13-19(3)12-14-7-5-4-6-8-14/h4-8,15-16H,9-13,18H2,1-3H3. The van der Waals surface area contributed by atoms with Gasteiger partial charge in [-0.2, -0.15) is 0 Å². The van der Waals surface area contributed by atoms with Gasteiger partial charge in [0.25, 0.3) is 0 Å². The second kappa shape index (κ2) is 6.06. The maximum atomic E-state index is 6.32. The van der Waals surface area contributed by atoms with Crippen molar-refractivity contribution in [1.29, 1.82) is 0 Å². The predicted molar refractivity (Wildman–Crippen MR) is 81.9 cm³/mol. The van der Waals surface area contributed by atoms with Gasteiger partial charge in [-0.25, -0.2) is 0 Å². The summed E-state index contributed by atoms with van der Waals surface area (Å²) < 4.78 is 0. The third-order valence-electron chi connectivity index (χ3n) is 4.42. The summed E-state index contributed by atoms with van der Waals surface area (Å²) in [4.78, 5) is 2.42. The van der Waals surface area contributed by atoms with Crippen LogP contribution in [0, 0.1) is 11.3 Å². The molecule has 2 heteroatoms. The molecule has 2 N–H and O–H groups in total. The van der Waals surface area contributed by atoms with Gasteiger partial charge in [0.1, 0.15) is 0 Å². The Balaban J connectivity index is 1.89. The molecule has 2 atom stereocenters. The number of benzene rings is 1. The van der Waals surface area contributed by atoms with Gasteiger partial charge >= 0.3 is 0 Å². The van der Waals surface area contributed by atoms with Gasteiger partial charge in [0.2, 0.25) is 0 Å². The summed E-state index contributed by atoms with van der Waals surface area (Å²) in [7, 11) is 2.21. The molecule has 19 heavy (non-hydrogen) atoms. The van der Waals surface area contributed by atoms with Gasteiger partial charge in [-0.1, -0.05) is 44.2 Å². The van der Waals surface area contributed by atoms with Crippen molar-refractivity contribution in [2.45, 2.75) is 45.7 Å². The SMILES string of the molecule is CN(Cc1ccccc1)CC1CC(C)(C)CCC1N. The molecule has 1 saturated carbocycles. The van der Waals surface area contributed by atoms with Crippen molar-refractivity contribution in [3.05, 3.63) is 35.9 Å². The van der Waals surface area contributed by atoms with E-state index in [2.05, 4.69) is 56.1 Å². The van der Waals surface area contributed by atoms with Crippen molar-refractivity contribution >= 4 is 0 Å². The Morgan fingerprint density at radius 3 is 2.63 bits per heavy atom. The first-order valence-corrected chi connectivity index (χ1v) is 7.44. The Bertz CT molecular complexity index is 386. The number of hydrogen-bond acceptors (Lipinski definition) is 2. The van der Waals surface area contributed by atoms with Gasteiger partial charge in [0.15, 0.2) is 0 Å². The molecule has 0 bridgehead atoms. The van der Waals surface area contributed by atoms with Gasteiger partial charge in [0, 0.05) is 19.1 Å². The van der Waals surface area contributed by atoms with Crippen LogP contribution in [0.4, 0.5) is 0 Å². The molecule has 0 amide bonds. The van der Waals surface area contributed by atoms with Gasteiger partial charge in [0.05, 0.1) is 0 Å². The Hall–Kier alpha value is -0.860. The Kier molecular flexibility index (Phi) is 4.64. The minimum Gasteiger partial charge on any atom is -0.327 e. The highest BCUT2D eigenvalue weighted by Crippen LogP contribution is 2.38. The van der Waals surface area contributed by atoms with E-state index in [-0.39, 0.29) is 0 Å². The monoisotopic (exact) mass is 260 g/mol. The Labute approximate surface area is 118 Å². The molecule has 0 aromatic heterocycles. The molecular weight excluding hydrogens is 232 g/mol. The zero-order valence-electron chi connectivity index (χ0n) is 12.6. The van der Waals surface area contributed by atoms with Crippen LogP contribution >= 0.6 is 0 Å². The first kappa shape index (κ1) is 14.5. The van der Waals surface area contributed by atoms with Gasteiger partial charge in [-0.15, -0.1) is 0 Å². The fraction of sp³-hybridized carbons (Fsp3) is 0.647. The molecule has 1 aromatic carbocycles. The molecule has 0 saturated heterocycles. The number of rotatable bonds is 4. The topological polar surface area (TPSA) is 29.3 Å². The van der Waals surface area contributed by atoms with Crippen molar-refractivity contribution in [3.8, 4) is 0 Å². The van der Waals surface area contributed by atoms with E-state index in [0.29, 0.717) is 17.4 Å². The smallest absolute Gasteiger partial charge is 0.0230 e. The fourth-order valence-corrected chi connectivity index (χ4v) is 3.32. The third-order valence-corrected chi connectivity index (χ3v) is 4.42. The van der Waals surface area contributed by atoms with Crippen molar-refractivity contribution in [2.75, 3.05) is 13.6 Å². The fourth-order valence-electron chi connectivity index (χ4n) is 3.32. The zero-order valence-corrected chi connectivity index (χ0v) is 12.6. The van der Waals surface area contributed by atoms with Crippen LogP contribution in [0.5, 0.6) is 0 Å². The van der Waals surface area contributed by atoms with Crippen LogP contribution in [0.2, 0.25) is 0 Å². The molecule has 1 aliphatic carbocycles. The average molecular weight is 260 g/mol. The molecule has 0 aliphatic heterocycles. The molecule has 1 aromatic rings. The lowest BCUT2D eigenvalue weighted by Crippen LogP contribution is -2.44. The van der Waals surface area contributed by atoms with E-state index in [1.165, 1.54) is 24.8 Å². The zero-order chi connectivity index (χ0) is 13.9. The summed E-state index contributed by atoms with van der Waals surface area (Å²) in [5.41, 5.74) is 8.16. The lowest BCUT2D eigenvalue weighted by atomic mass is 9.70.